The number of nitrogens with zero attached hydrogens (tertiary/aromatic N) is 1. The van der Waals surface area contributed by atoms with Gasteiger partial charge in [-0.05, 0) is 12.1 Å². The number of sulfonamides is 1. The molecule has 0 unspecified atom stereocenters. The van der Waals surface area contributed by atoms with Gasteiger partial charge in [0.05, 0.1) is 11.0 Å². The van der Waals surface area contributed by atoms with Gasteiger partial charge in [-0.25, -0.2) is 13.4 Å². The van der Waals surface area contributed by atoms with Crippen molar-refractivity contribution in [1.82, 2.24) is 14.9 Å². The predicted molar refractivity (Wildman–Crippen MR) is 48.2 cm³/mol. The molecule has 0 aliphatic rings. The molecule has 14 heavy (non-hydrogen) atoms. The van der Waals surface area contributed by atoms with Gasteiger partial charge < -0.3 is 10.2 Å². The maximum atomic E-state index is 11.1. The summed E-state index contributed by atoms with van der Waals surface area (Å²) in [7, 11) is -3.92. The smallest absolute Gasteiger partial charge is 0.295 e. The first-order valence-electron chi connectivity index (χ1n) is 3.74. The fourth-order valence-corrected chi connectivity index (χ4v) is 1.65. The first-order valence-corrected chi connectivity index (χ1v) is 5.22. The number of aromatic amines is 1. The average Bonchev–Trinajstić information content (AvgIpc) is 2.61. The normalized spacial score (nSPS) is 12.1. The number of hydrogen-bond donors (Lipinski definition) is 3. The van der Waals surface area contributed by atoms with Crippen LogP contribution in [0.25, 0.3) is 11.0 Å². The second-order valence-electron chi connectivity index (χ2n) is 2.65. The van der Waals surface area contributed by atoms with E-state index < -0.39 is 10.0 Å². The molecule has 0 saturated carbocycles. The minimum absolute atomic E-state index is 0.304. The van der Waals surface area contributed by atoms with Crippen molar-refractivity contribution in [1.29, 1.82) is 0 Å². The largest absolute Gasteiger partial charge is 0.328 e. The summed E-state index contributed by atoms with van der Waals surface area (Å²) in [6, 6.07) is 6.86. The van der Waals surface area contributed by atoms with Gasteiger partial charge in [0.2, 0.25) is 5.16 Å². The Labute approximate surface area is 79.6 Å². The van der Waals surface area contributed by atoms with Gasteiger partial charge >= 0.3 is 0 Å². The molecule has 7 heteroatoms. The minimum atomic E-state index is -3.92. The molecule has 6 nitrogen and oxygen atoms in total. The van der Waals surface area contributed by atoms with Crippen molar-refractivity contribution >= 4 is 21.1 Å². The standard InChI is InChI=1S/C7H7N3O3S/c11-10-14(12,13)7-8-5-3-1-2-4-6(5)9-7/h1-4,10-11H,(H,8,9). The molecular weight excluding hydrogens is 206 g/mol. The Bertz CT molecular complexity index is 527. The van der Waals surface area contributed by atoms with Gasteiger partial charge in [0.15, 0.2) is 0 Å². The van der Waals surface area contributed by atoms with E-state index in [1.54, 1.807) is 24.3 Å². The lowest BCUT2D eigenvalue weighted by Gasteiger charge is -1.93. The van der Waals surface area contributed by atoms with Crippen LogP contribution in [0.2, 0.25) is 0 Å². The zero-order valence-corrected chi connectivity index (χ0v) is 7.75. The molecule has 1 aromatic carbocycles. The third-order valence-electron chi connectivity index (χ3n) is 1.74. The van der Waals surface area contributed by atoms with Gasteiger partial charge in [0.25, 0.3) is 10.0 Å². The number of aromatic nitrogens is 2. The quantitative estimate of drug-likeness (QED) is 0.622. The van der Waals surface area contributed by atoms with Gasteiger partial charge in [0, 0.05) is 0 Å². The maximum Gasteiger partial charge on any atom is 0.295 e. The van der Waals surface area contributed by atoms with Crippen LogP contribution in [0.1, 0.15) is 0 Å². The van der Waals surface area contributed by atoms with Crippen LogP contribution in [0.4, 0.5) is 0 Å². The van der Waals surface area contributed by atoms with Crippen LogP contribution in [-0.2, 0) is 10.0 Å². The number of H-pyrrole nitrogens is 1. The number of benzene rings is 1. The molecule has 0 saturated heterocycles. The summed E-state index contributed by atoms with van der Waals surface area (Å²) in [5.74, 6) is 0. The molecular formula is C7H7N3O3S. The lowest BCUT2D eigenvalue weighted by atomic mass is 10.3. The molecule has 0 aliphatic heterocycles. The van der Waals surface area contributed by atoms with Crippen LogP contribution in [0, 0.1) is 0 Å². The van der Waals surface area contributed by atoms with Gasteiger partial charge in [-0.1, -0.05) is 17.0 Å². The van der Waals surface area contributed by atoms with E-state index in [1.807, 2.05) is 0 Å². The van der Waals surface area contributed by atoms with Crippen molar-refractivity contribution in [2.24, 2.45) is 0 Å². The number of nitrogens with one attached hydrogen (secondary N) is 2. The predicted octanol–water partition coefficient (Wildman–Crippen LogP) is 0.230. The number of imidazole rings is 1. The molecule has 74 valence electrons. The zero-order chi connectivity index (χ0) is 10.2. The summed E-state index contributed by atoms with van der Waals surface area (Å²) in [5, 5.41) is 8.07. The van der Waals surface area contributed by atoms with Crippen LogP contribution in [-0.4, -0.2) is 23.6 Å². The van der Waals surface area contributed by atoms with Gasteiger partial charge in [0.1, 0.15) is 0 Å². The molecule has 0 radical (unpaired) electrons. The van der Waals surface area contributed by atoms with E-state index >= 15 is 0 Å². The average molecular weight is 213 g/mol. The summed E-state index contributed by atoms with van der Waals surface area (Å²) in [6.45, 7) is 0. The second kappa shape index (κ2) is 3.05. The van der Waals surface area contributed by atoms with Crippen molar-refractivity contribution in [3.63, 3.8) is 0 Å². The highest BCUT2D eigenvalue weighted by Crippen LogP contribution is 2.12. The Morgan fingerprint density at radius 1 is 1.36 bits per heavy atom. The number of rotatable bonds is 2. The fraction of sp³-hybridized carbons (Fsp3) is 0. The molecule has 2 rings (SSSR count). The molecule has 0 spiro atoms. The third kappa shape index (κ3) is 1.37. The van der Waals surface area contributed by atoms with Crippen LogP contribution in [0.5, 0.6) is 0 Å². The number of para-hydroxylation sites is 2. The molecule has 0 atom stereocenters. The molecule has 1 heterocycles. The van der Waals surface area contributed by atoms with E-state index in [-0.39, 0.29) is 5.16 Å². The molecule has 2 aromatic rings. The molecule has 0 aliphatic carbocycles. The van der Waals surface area contributed by atoms with E-state index in [2.05, 4.69) is 9.97 Å². The second-order valence-corrected chi connectivity index (χ2v) is 4.23. The number of fused-ring (bicyclic) bond motifs is 1. The van der Waals surface area contributed by atoms with E-state index in [4.69, 9.17) is 5.21 Å². The fourth-order valence-electron chi connectivity index (χ4n) is 1.10. The van der Waals surface area contributed by atoms with Crippen molar-refractivity contribution in [2.45, 2.75) is 5.16 Å². The Balaban J connectivity index is 2.67. The lowest BCUT2D eigenvalue weighted by molar-refractivity contribution is 0.242. The molecule has 1 aromatic heterocycles. The summed E-state index contributed by atoms with van der Waals surface area (Å²) in [4.78, 5) is 7.55. The summed E-state index contributed by atoms with van der Waals surface area (Å²) in [5.41, 5.74) is 1.13. The maximum absolute atomic E-state index is 11.1. The van der Waals surface area contributed by atoms with E-state index in [1.165, 1.54) is 4.89 Å². The van der Waals surface area contributed by atoms with Crippen molar-refractivity contribution in [3.8, 4) is 0 Å². The Kier molecular flexibility index (Phi) is 1.99. The van der Waals surface area contributed by atoms with Gasteiger partial charge in [-0.2, -0.15) is 0 Å². The van der Waals surface area contributed by atoms with Crippen LogP contribution in [0.15, 0.2) is 29.4 Å². The minimum Gasteiger partial charge on any atom is -0.328 e. The van der Waals surface area contributed by atoms with Gasteiger partial charge in [-0.3, -0.25) is 0 Å². The highest BCUT2D eigenvalue weighted by Gasteiger charge is 2.16. The highest BCUT2D eigenvalue weighted by atomic mass is 32.2. The highest BCUT2D eigenvalue weighted by molar-refractivity contribution is 7.89. The lowest BCUT2D eigenvalue weighted by Crippen LogP contribution is -2.20. The summed E-state index contributed by atoms with van der Waals surface area (Å²) < 4.78 is 22.2. The molecule has 3 N–H and O–H groups in total. The van der Waals surface area contributed by atoms with Crippen molar-refractivity contribution in [3.05, 3.63) is 24.3 Å². The Morgan fingerprint density at radius 2 is 2.07 bits per heavy atom. The topological polar surface area (TPSA) is 95.1 Å². The zero-order valence-electron chi connectivity index (χ0n) is 6.93. The molecule has 0 fully saturated rings. The number of hydrogen-bond acceptors (Lipinski definition) is 4. The van der Waals surface area contributed by atoms with Crippen LogP contribution in [0.3, 0.4) is 0 Å². The third-order valence-corrected chi connectivity index (χ3v) is 2.69. The van der Waals surface area contributed by atoms with Crippen LogP contribution >= 0.6 is 0 Å². The Morgan fingerprint density at radius 3 is 2.71 bits per heavy atom. The van der Waals surface area contributed by atoms with E-state index in [0.717, 1.165) is 0 Å². The van der Waals surface area contributed by atoms with Gasteiger partial charge in [-0.15, -0.1) is 0 Å². The van der Waals surface area contributed by atoms with E-state index in [0.29, 0.717) is 11.0 Å². The first-order chi connectivity index (χ1) is 6.63. The van der Waals surface area contributed by atoms with E-state index in [9.17, 15) is 8.42 Å². The monoisotopic (exact) mass is 213 g/mol. The Hall–Kier alpha value is -1.44. The molecule has 0 amide bonds. The summed E-state index contributed by atoms with van der Waals surface area (Å²) >= 11 is 0. The van der Waals surface area contributed by atoms with Crippen molar-refractivity contribution in [2.75, 3.05) is 0 Å². The van der Waals surface area contributed by atoms with Crippen LogP contribution < -0.4 is 4.89 Å². The molecule has 0 bridgehead atoms. The summed E-state index contributed by atoms with van der Waals surface area (Å²) in [6.07, 6.45) is 0. The van der Waals surface area contributed by atoms with Crippen molar-refractivity contribution < 1.29 is 13.6 Å². The first kappa shape index (κ1) is 9.13. The SMILES string of the molecule is O=S(=O)(NO)c1nc2ccccc2[nH]1.